The van der Waals surface area contributed by atoms with Gasteiger partial charge >= 0.3 is 0 Å². The molecular weight excluding hydrogens is 590 g/mol. The minimum atomic E-state index is -3.61. The van der Waals surface area contributed by atoms with Crippen molar-refractivity contribution in [1.82, 2.24) is 24.3 Å². The largest absolute Gasteiger partial charge is 0.495 e. The van der Waals surface area contributed by atoms with Crippen LogP contribution in [0.4, 0.5) is 11.5 Å². The van der Waals surface area contributed by atoms with Crippen molar-refractivity contribution in [2.75, 3.05) is 23.8 Å². The molecule has 13 heteroatoms. The van der Waals surface area contributed by atoms with E-state index < -0.39 is 16.1 Å². The van der Waals surface area contributed by atoms with Gasteiger partial charge in [-0.05, 0) is 54.8 Å². The number of fused-ring (bicyclic) bond motifs is 2. The van der Waals surface area contributed by atoms with Crippen molar-refractivity contribution in [3.8, 4) is 22.7 Å². The maximum absolute atomic E-state index is 14.0. The van der Waals surface area contributed by atoms with E-state index in [0.29, 0.717) is 55.2 Å². The first kappa shape index (κ1) is 28.2. The van der Waals surface area contributed by atoms with E-state index >= 15 is 0 Å². The van der Waals surface area contributed by atoms with Crippen molar-refractivity contribution in [2.45, 2.75) is 13.0 Å². The Labute approximate surface area is 251 Å². The fourth-order valence-electron chi connectivity index (χ4n) is 5.22. The molecule has 0 saturated heterocycles. The van der Waals surface area contributed by atoms with Gasteiger partial charge in [0.05, 0.1) is 46.6 Å². The van der Waals surface area contributed by atoms with E-state index in [-0.39, 0.29) is 17.1 Å². The molecule has 43 heavy (non-hydrogen) atoms. The Morgan fingerprint density at radius 2 is 1.77 bits per heavy atom. The number of para-hydroxylation sites is 1. The van der Waals surface area contributed by atoms with Crippen molar-refractivity contribution in [3.63, 3.8) is 0 Å². The van der Waals surface area contributed by atoms with Crippen LogP contribution in [0.2, 0.25) is 5.02 Å². The topological polar surface area (TPSA) is 147 Å². The zero-order valence-corrected chi connectivity index (χ0v) is 24.9. The van der Waals surface area contributed by atoms with Gasteiger partial charge in [0.1, 0.15) is 23.6 Å². The summed E-state index contributed by atoms with van der Waals surface area (Å²) in [6, 6.07) is 21.0. The third-order valence-corrected chi connectivity index (χ3v) is 8.03. The third-order valence-electron chi connectivity index (χ3n) is 7.12. The molecule has 0 aliphatic carbocycles. The third kappa shape index (κ3) is 5.04. The Hall–Kier alpha value is -4.94. The van der Waals surface area contributed by atoms with Crippen LogP contribution in [0.15, 0.2) is 83.9 Å². The summed E-state index contributed by atoms with van der Waals surface area (Å²) >= 11 is 6.50. The summed E-state index contributed by atoms with van der Waals surface area (Å²) in [4.78, 5) is 22.7. The molecule has 6 aromatic rings. The molecule has 0 unspecified atom stereocenters. The number of rotatable bonds is 7. The lowest BCUT2D eigenvalue weighted by Gasteiger charge is -2.21. The van der Waals surface area contributed by atoms with E-state index in [0.717, 1.165) is 6.26 Å². The molecule has 0 bridgehead atoms. The van der Waals surface area contributed by atoms with Gasteiger partial charge in [-0.1, -0.05) is 41.9 Å². The quantitative estimate of drug-likeness (QED) is 0.254. The van der Waals surface area contributed by atoms with Crippen molar-refractivity contribution in [2.24, 2.45) is 0 Å². The Balaban J connectivity index is 1.61. The number of nitrogens with two attached hydrogens (primary N) is 1. The highest BCUT2D eigenvalue weighted by Crippen LogP contribution is 2.37. The number of benzene rings is 3. The van der Waals surface area contributed by atoms with Gasteiger partial charge < -0.3 is 10.5 Å². The molecule has 0 spiro atoms. The molecule has 3 heterocycles. The van der Waals surface area contributed by atoms with Crippen molar-refractivity contribution in [1.29, 1.82) is 0 Å². The smallest absolute Gasteiger partial charge is 0.264 e. The minimum Gasteiger partial charge on any atom is -0.495 e. The lowest BCUT2D eigenvalue weighted by Crippen LogP contribution is -2.26. The maximum atomic E-state index is 14.0. The summed E-state index contributed by atoms with van der Waals surface area (Å²) in [5, 5.41) is 6.85. The second-order valence-electron chi connectivity index (χ2n) is 9.97. The van der Waals surface area contributed by atoms with Gasteiger partial charge in [0.2, 0.25) is 10.0 Å². The van der Waals surface area contributed by atoms with Gasteiger partial charge in [-0.25, -0.2) is 23.1 Å². The van der Waals surface area contributed by atoms with Gasteiger partial charge in [0, 0.05) is 11.3 Å². The number of halogens is 1. The second-order valence-corrected chi connectivity index (χ2v) is 12.1. The number of anilines is 2. The average Bonchev–Trinajstić information content (AvgIpc) is 3.37. The summed E-state index contributed by atoms with van der Waals surface area (Å²) in [7, 11) is -2.16. The molecule has 1 atom stereocenters. The highest BCUT2D eigenvalue weighted by molar-refractivity contribution is 7.92. The molecule has 11 nitrogen and oxygen atoms in total. The number of nitrogens with zero attached hydrogens (tertiary/aromatic N) is 5. The molecule has 0 aliphatic rings. The van der Waals surface area contributed by atoms with E-state index in [1.54, 1.807) is 39.6 Å². The molecule has 218 valence electrons. The van der Waals surface area contributed by atoms with E-state index in [2.05, 4.69) is 14.7 Å². The fraction of sp³-hybridized carbons (Fsp3) is 0.133. The maximum Gasteiger partial charge on any atom is 0.264 e. The predicted octanol–water partition coefficient (Wildman–Crippen LogP) is 5.02. The number of ether oxygens (including phenoxy) is 1. The van der Waals surface area contributed by atoms with Gasteiger partial charge in [-0.2, -0.15) is 5.10 Å². The van der Waals surface area contributed by atoms with Crippen LogP contribution in [0.3, 0.4) is 0 Å². The monoisotopic (exact) mass is 615 g/mol. The molecule has 0 fully saturated rings. The van der Waals surface area contributed by atoms with E-state index in [1.807, 2.05) is 49.4 Å². The fourth-order valence-corrected chi connectivity index (χ4v) is 6.04. The lowest BCUT2D eigenvalue weighted by molar-refractivity contribution is 0.417. The Kier molecular flexibility index (Phi) is 7.03. The number of sulfonamides is 1. The van der Waals surface area contributed by atoms with Crippen LogP contribution < -0.4 is 20.8 Å². The standard InChI is InChI=1S/C30H26ClN7O4S/c1-17(23-15-18-8-7-11-21(31)25(18)30(39)37(23)20-9-5-4-6-10-20)38-29-26(28(32)33-16-34-29)27(35-38)19-12-13-24(42-2)22(14-19)36-43(3,40)41/h4-17,36H,1-3H3,(H2,32,33,34)/t17-/m0/s1. The van der Waals surface area contributed by atoms with Crippen LogP contribution in [-0.4, -0.2) is 46.1 Å². The van der Waals surface area contributed by atoms with Gasteiger partial charge in [-0.15, -0.1) is 0 Å². The van der Waals surface area contributed by atoms with Gasteiger partial charge in [0.25, 0.3) is 5.56 Å². The minimum absolute atomic E-state index is 0.192. The zero-order chi connectivity index (χ0) is 30.5. The van der Waals surface area contributed by atoms with Crippen LogP contribution in [0, 0.1) is 0 Å². The van der Waals surface area contributed by atoms with Crippen LogP contribution in [-0.2, 0) is 10.0 Å². The molecule has 0 amide bonds. The van der Waals surface area contributed by atoms with E-state index in [4.69, 9.17) is 27.2 Å². The summed E-state index contributed by atoms with van der Waals surface area (Å²) < 4.78 is 35.3. The van der Waals surface area contributed by atoms with Crippen molar-refractivity contribution in [3.05, 3.63) is 100 Å². The number of pyridine rings is 1. The van der Waals surface area contributed by atoms with Crippen molar-refractivity contribution >= 4 is 54.9 Å². The number of nitrogen functional groups attached to an aromatic ring is 1. The molecule has 3 aromatic heterocycles. The Morgan fingerprint density at radius 1 is 1.00 bits per heavy atom. The highest BCUT2D eigenvalue weighted by atomic mass is 35.5. The summed E-state index contributed by atoms with van der Waals surface area (Å²) in [5.74, 6) is 0.523. The first-order valence-electron chi connectivity index (χ1n) is 13.1. The highest BCUT2D eigenvalue weighted by Gasteiger charge is 2.25. The second kappa shape index (κ2) is 10.7. The van der Waals surface area contributed by atoms with E-state index in [1.165, 1.54) is 13.4 Å². The van der Waals surface area contributed by atoms with E-state index in [9.17, 15) is 13.2 Å². The van der Waals surface area contributed by atoms with Crippen LogP contribution in [0.5, 0.6) is 5.75 Å². The first-order chi connectivity index (χ1) is 20.6. The SMILES string of the molecule is COc1ccc(-c2nn([C@@H](C)c3cc4cccc(Cl)c4c(=O)n3-c3ccccc3)c3ncnc(N)c23)cc1NS(C)(=O)=O. The number of methoxy groups -OCH3 is 1. The number of hydrogen-bond acceptors (Lipinski definition) is 8. The summed E-state index contributed by atoms with van der Waals surface area (Å²) in [6.07, 6.45) is 2.40. The molecule has 3 N–H and O–H groups in total. The first-order valence-corrected chi connectivity index (χ1v) is 15.4. The summed E-state index contributed by atoms with van der Waals surface area (Å²) in [6.45, 7) is 1.91. The average molecular weight is 616 g/mol. The number of aromatic nitrogens is 5. The Morgan fingerprint density at radius 3 is 2.49 bits per heavy atom. The lowest BCUT2D eigenvalue weighted by atomic mass is 10.1. The predicted molar refractivity (Wildman–Crippen MR) is 169 cm³/mol. The van der Waals surface area contributed by atoms with Crippen LogP contribution >= 0.6 is 11.6 Å². The molecule has 0 aliphatic heterocycles. The molecular formula is C30H26ClN7O4S. The molecule has 3 aromatic carbocycles. The van der Waals surface area contributed by atoms with Gasteiger partial charge in [-0.3, -0.25) is 14.1 Å². The zero-order valence-electron chi connectivity index (χ0n) is 23.3. The van der Waals surface area contributed by atoms with Crippen molar-refractivity contribution < 1.29 is 13.2 Å². The molecule has 6 rings (SSSR count). The molecule has 0 saturated carbocycles. The molecule has 0 radical (unpaired) electrons. The summed E-state index contributed by atoms with van der Waals surface area (Å²) in [5.41, 5.74) is 9.04. The van der Waals surface area contributed by atoms with Crippen LogP contribution in [0.25, 0.3) is 38.8 Å². The Bertz CT molecular complexity index is 2200. The normalized spacial score (nSPS) is 12.5. The van der Waals surface area contributed by atoms with Crippen LogP contribution in [0.1, 0.15) is 18.7 Å². The number of nitrogens with one attached hydrogen (secondary N) is 1. The number of hydrogen-bond donors (Lipinski definition) is 2. The van der Waals surface area contributed by atoms with Gasteiger partial charge in [0.15, 0.2) is 5.65 Å².